The standard InChI is InChI=1S/C60H110NO8P/c1-6-8-10-12-14-16-18-20-21-22-23-24-25-26-27-28-29-30-31-32-33-34-35-36-37-38-39-41-43-45-47-49-51-53-60(63)69-58(57-68-70(64,65)67-55-54-61(3,4)5)56-66-59(62)52-50-48-46-44-42-40-19-17-15-13-11-9-7-2/h8,10,14,16,20-21,23-24,26-27,58H,6-7,9,11-13,15,17-19,22,25,28-57H2,1-5H3/p+1/b10-8-,16-14-,21-20-,24-23-,27-26-. The van der Waals surface area contributed by atoms with Crippen LogP contribution >= 0.6 is 7.82 Å². The molecule has 70 heavy (non-hydrogen) atoms. The summed E-state index contributed by atoms with van der Waals surface area (Å²) in [7, 11) is 1.49. The van der Waals surface area contributed by atoms with Crippen molar-refractivity contribution in [3.63, 3.8) is 0 Å². The fraction of sp³-hybridized carbons (Fsp3) is 0.800. The number of unbranched alkanes of at least 4 members (excludes halogenated alkanes) is 29. The summed E-state index contributed by atoms with van der Waals surface area (Å²) in [4.78, 5) is 35.6. The van der Waals surface area contributed by atoms with Crippen LogP contribution in [0, 0.1) is 0 Å². The molecule has 10 heteroatoms. The highest BCUT2D eigenvalue weighted by atomic mass is 31.2. The van der Waals surface area contributed by atoms with E-state index in [9.17, 15) is 19.0 Å². The predicted octanol–water partition coefficient (Wildman–Crippen LogP) is 17.9. The summed E-state index contributed by atoms with van der Waals surface area (Å²) in [6.45, 7) is 4.34. The second kappa shape index (κ2) is 51.6. The van der Waals surface area contributed by atoms with Gasteiger partial charge in [0.1, 0.15) is 19.8 Å². The van der Waals surface area contributed by atoms with Gasteiger partial charge in [-0.15, -0.1) is 0 Å². The molecule has 0 saturated carbocycles. The van der Waals surface area contributed by atoms with Crippen LogP contribution in [0.1, 0.15) is 258 Å². The molecular weight excluding hydrogens is 894 g/mol. The van der Waals surface area contributed by atoms with Crippen LogP contribution in [0.15, 0.2) is 60.8 Å². The van der Waals surface area contributed by atoms with Crippen molar-refractivity contribution >= 4 is 19.8 Å². The highest BCUT2D eigenvalue weighted by Gasteiger charge is 2.27. The second-order valence-electron chi connectivity index (χ2n) is 20.7. The van der Waals surface area contributed by atoms with E-state index in [2.05, 4.69) is 74.6 Å². The van der Waals surface area contributed by atoms with E-state index in [4.69, 9.17) is 18.5 Å². The van der Waals surface area contributed by atoms with Gasteiger partial charge < -0.3 is 18.9 Å². The smallest absolute Gasteiger partial charge is 0.462 e. The van der Waals surface area contributed by atoms with E-state index in [1.54, 1.807) is 0 Å². The van der Waals surface area contributed by atoms with Crippen molar-refractivity contribution in [2.75, 3.05) is 47.5 Å². The SMILES string of the molecule is CC/C=C\C/C=C\C/C=C\C/C=C\C/C=C\CCCCCCCCCCCCCCCCCCCC(=O)OC(COC(=O)CCCCCCCCCCCCCCC)COP(=O)(O)OCC[N+](C)(C)C. The number of nitrogens with zero attached hydrogens (tertiary/aromatic N) is 1. The number of hydrogen-bond acceptors (Lipinski definition) is 7. The Bertz CT molecular complexity index is 1370. The maximum Gasteiger partial charge on any atom is 0.472 e. The molecule has 2 atom stereocenters. The lowest BCUT2D eigenvalue weighted by Crippen LogP contribution is -2.37. The summed E-state index contributed by atoms with van der Waals surface area (Å²) in [5, 5.41) is 0. The number of ether oxygens (including phenoxy) is 2. The zero-order chi connectivity index (χ0) is 51.3. The van der Waals surface area contributed by atoms with E-state index in [0.717, 1.165) is 64.2 Å². The molecule has 9 nitrogen and oxygen atoms in total. The van der Waals surface area contributed by atoms with Gasteiger partial charge in [-0.3, -0.25) is 18.6 Å². The van der Waals surface area contributed by atoms with E-state index in [0.29, 0.717) is 23.9 Å². The summed E-state index contributed by atoms with van der Waals surface area (Å²) in [6, 6.07) is 0. The van der Waals surface area contributed by atoms with Crippen LogP contribution in [0.2, 0.25) is 0 Å². The Morgan fingerprint density at radius 2 is 0.814 bits per heavy atom. The highest BCUT2D eigenvalue weighted by Crippen LogP contribution is 2.43. The van der Waals surface area contributed by atoms with Crippen LogP contribution in [-0.2, 0) is 32.7 Å². The number of carbonyl (C=O) groups excluding carboxylic acids is 2. The van der Waals surface area contributed by atoms with Gasteiger partial charge in [0, 0.05) is 12.8 Å². The zero-order valence-corrected chi connectivity index (χ0v) is 47.1. The number of phosphoric ester groups is 1. The molecule has 0 rings (SSSR count). The van der Waals surface area contributed by atoms with Crippen LogP contribution in [0.3, 0.4) is 0 Å². The summed E-state index contributed by atoms with van der Waals surface area (Å²) in [5.74, 6) is -0.788. The summed E-state index contributed by atoms with van der Waals surface area (Å²) in [6.07, 6.45) is 65.8. The molecule has 0 bridgehead atoms. The van der Waals surface area contributed by atoms with Crippen molar-refractivity contribution < 1.29 is 42.1 Å². The molecule has 0 saturated heterocycles. The quantitative estimate of drug-likeness (QED) is 0.0211. The molecule has 0 aromatic heterocycles. The van der Waals surface area contributed by atoms with E-state index < -0.39 is 26.5 Å². The Balaban J connectivity index is 4.02. The van der Waals surface area contributed by atoms with E-state index in [-0.39, 0.29) is 25.6 Å². The van der Waals surface area contributed by atoms with Gasteiger partial charge >= 0.3 is 19.8 Å². The van der Waals surface area contributed by atoms with Gasteiger partial charge in [-0.1, -0.05) is 248 Å². The number of phosphoric acid groups is 1. The van der Waals surface area contributed by atoms with Crippen LogP contribution < -0.4 is 0 Å². The number of carbonyl (C=O) groups is 2. The maximum atomic E-state index is 12.8. The first kappa shape index (κ1) is 67.7. The lowest BCUT2D eigenvalue weighted by molar-refractivity contribution is -0.870. The minimum atomic E-state index is -4.38. The average molecular weight is 1010 g/mol. The number of esters is 2. The van der Waals surface area contributed by atoms with Crippen LogP contribution in [0.4, 0.5) is 0 Å². The summed E-state index contributed by atoms with van der Waals surface area (Å²) < 4.78 is 34.5. The van der Waals surface area contributed by atoms with Gasteiger partial charge in [0.15, 0.2) is 6.10 Å². The number of rotatable bonds is 53. The van der Waals surface area contributed by atoms with Gasteiger partial charge in [-0.25, -0.2) is 4.57 Å². The number of quaternary nitrogens is 1. The predicted molar refractivity (Wildman–Crippen MR) is 298 cm³/mol. The Morgan fingerprint density at radius 3 is 1.21 bits per heavy atom. The maximum absolute atomic E-state index is 12.8. The number of hydrogen-bond donors (Lipinski definition) is 1. The van der Waals surface area contributed by atoms with Crippen LogP contribution in [-0.4, -0.2) is 74.9 Å². The molecule has 0 aromatic rings. The molecule has 0 heterocycles. The molecule has 408 valence electrons. The lowest BCUT2D eigenvalue weighted by Gasteiger charge is -2.24. The topological polar surface area (TPSA) is 108 Å². The number of allylic oxidation sites excluding steroid dienone is 10. The third-order valence-corrected chi connectivity index (χ3v) is 13.5. The molecule has 2 unspecified atom stereocenters. The number of likely N-dealkylation sites (N-methyl/N-ethyl adjacent to an activating group) is 1. The van der Waals surface area contributed by atoms with Crippen molar-refractivity contribution in [2.45, 2.75) is 264 Å². The van der Waals surface area contributed by atoms with Gasteiger partial charge in [-0.05, 0) is 57.8 Å². The minimum absolute atomic E-state index is 0.0329. The fourth-order valence-electron chi connectivity index (χ4n) is 8.10. The summed E-state index contributed by atoms with van der Waals surface area (Å²) >= 11 is 0. The zero-order valence-electron chi connectivity index (χ0n) is 46.2. The molecule has 0 fully saturated rings. The first-order valence-electron chi connectivity index (χ1n) is 29.0. The monoisotopic (exact) mass is 1000 g/mol. The molecule has 0 amide bonds. The van der Waals surface area contributed by atoms with E-state index in [1.807, 2.05) is 21.1 Å². The van der Waals surface area contributed by atoms with Crippen molar-refractivity contribution in [1.29, 1.82) is 0 Å². The normalized spacial score (nSPS) is 13.7. The van der Waals surface area contributed by atoms with Crippen molar-refractivity contribution in [2.24, 2.45) is 0 Å². The Kier molecular flexibility index (Phi) is 49.9. The van der Waals surface area contributed by atoms with Crippen LogP contribution in [0.5, 0.6) is 0 Å². The van der Waals surface area contributed by atoms with Crippen LogP contribution in [0.25, 0.3) is 0 Å². The van der Waals surface area contributed by atoms with Gasteiger partial charge in [-0.2, -0.15) is 0 Å². The Morgan fingerprint density at radius 1 is 0.457 bits per heavy atom. The molecule has 0 aromatic carbocycles. The highest BCUT2D eigenvalue weighted by molar-refractivity contribution is 7.47. The van der Waals surface area contributed by atoms with Gasteiger partial charge in [0.2, 0.25) is 0 Å². The molecule has 0 aliphatic heterocycles. The molecule has 0 spiro atoms. The van der Waals surface area contributed by atoms with E-state index >= 15 is 0 Å². The van der Waals surface area contributed by atoms with Crippen molar-refractivity contribution in [3.8, 4) is 0 Å². The third-order valence-electron chi connectivity index (χ3n) is 12.6. The third kappa shape index (κ3) is 55.0. The summed E-state index contributed by atoms with van der Waals surface area (Å²) in [5.41, 5.74) is 0. The van der Waals surface area contributed by atoms with Crippen molar-refractivity contribution in [1.82, 2.24) is 0 Å². The van der Waals surface area contributed by atoms with Gasteiger partial charge in [0.25, 0.3) is 0 Å². The van der Waals surface area contributed by atoms with Gasteiger partial charge in [0.05, 0.1) is 27.7 Å². The fourth-order valence-corrected chi connectivity index (χ4v) is 8.84. The van der Waals surface area contributed by atoms with Crippen molar-refractivity contribution in [3.05, 3.63) is 60.8 Å². The molecule has 0 aliphatic rings. The molecule has 0 aliphatic carbocycles. The molecule has 1 N–H and O–H groups in total. The average Bonchev–Trinajstić information content (AvgIpc) is 3.32. The second-order valence-corrected chi connectivity index (χ2v) is 22.1. The minimum Gasteiger partial charge on any atom is -0.462 e. The lowest BCUT2D eigenvalue weighted by atomic mass is 10.0. The Hall–Kier alpha value is -2.29. The molecule has 0 radical (unpaired) electrons. The largest absolute Gasteiger partial charge is 0.472 e. The first-order valence-corrected chi connectivity index (χ1v) is 30.5. The first-order chi connectivity index (χ1) is 34.0. The molecular formula is C60H111NO8P+. The Labute approximate surface area is 432 Å². The van der Waals surface area contributed by atoms with E-state index in [1.165, 1.54) is 161 Å².